The Balaban J connectivity index is 1.67. The van der Waals surface area contributed by atoms with Gasteiger partial charge in [-0.05, 0) is 54.9 Å². The number of nitrogens with one attached hydrogen (secondary N) is 1. The average Bonchev–Trinajstić information content (AvgIpc) is 2.45. The standard InChI is InChI=1S/C18H26N2O/c1-13-8-14(2)11-20(10-13)12-18(21)16-5-6-17-15(9-16)4-3-7-19-17/h5-6,9,13-14,19H,3-4,7-8,10-12H2,1-2H3. The molecule has 3 heteroatoms. The Morgan fingerprint density at radius 3 is 2.81 bits per heavy atom. The highest BCUT2D eigenvalue weighted by Gasteiger charge is 2.24. The van der Waals surface area contributed by atoms with Crippen molar-refractivity contribution in [1.82, 2.24) is 4.90 Å². The number of likely N-dealkylation sites (tertiary alicyclic amines) is 1. The SMILES string of the molecule is CC1CC(C)CN(CC(=O)c2ccc3c(c2)CCCN3)C1. The quantitative estimate of drug-likeness (QED) is 0.866. The topological polar surface area (TPSA) is 32.3 Å². The first-order valence-electron chi connectivity index (χ1n) is 8.24. The van der Waals surface area contributed by atoms with Crippen molar-refractivity contribution in [2.45, 2.75) is 33.1 Å². The second kappa shape index (κ2) is 6.18. The molecule has 1 saturated heterocycles. The Morgan fingerprint density at radius 1 is 1.29 bits per heavy atom. The van der Waals surface area contributed by atoms with Crippen LogP contribution in [-0.2, 0) is 6.42 Å². The number of aryl methyl sites for hydroxylation is 1. The molecule has 0 spiro atoms. The number of benzene rings is 1. The first-order chi connectivity index (χ1) is 10.1. The second-order valence-corrected chi connectivity index (χ2v) is 6.97. The van der Waals surface area contributed by atoms with Crippen LogP contribution in [-0.4, -0.2) is 36.9 Å². The summed E-state index contributed by atoms with van der Waals surface area (Å²) < 4.78 is 0. The number of rotatable bonds is 3. The van der Waals surface area contributed by atoms with E-state index in [1.165, 1.54) is 17.7 Å². The van der Waals surface area contributed by atoms with Crippen LogP contribution < -0.4 is 5.32 Å². The third-order valence-electron chi connectivity index (χ3n) is 4.68. The summed E-state index contributed by atoms with van der Waals surface area (Å²) in [4.78, 5) is 14.9. The van der Waals surface area contributed by atoms with Crippen LogP contribution in [0.3, 0.4) is 0 Å². The van der Waals surface area contributed by atoms with Crippen molar-refractivity contribution in [3.05, 3.63) is 29.3 Å². The fraction of sp³-hybridized carbons (Fsp3) is 0.611. The second-order valence-electron chi connectivity index (χ2n) is 6.97. The summed E-state index contributed by atoms with van der Waals surface area (Å²) in [5.41, 5.74) is 3.38. The number of anilines is 1. The number of carbonyl (C=O) groups excluding carboxylic acids is 1. The van der Waals surface area contributed by atoms with Gasteiger partial charge in [0.05, 0.1) is 6.54 Å². The van der Waals surface area contributed by atoms with Gasteiger partial charge in [0.1, 0.15) is 0 Å². The molecule has 0 bridgehead atoms. The van der Waals surface area contributed by atoms with E-state index in [0.717, 1.165) is 38.0 Å². The van der Waals surface area contributed by atoms with Gasteiger partial charge >= 0.3 is 0 Å². The Bertz CT molecular complexity index is 516. The van der Waals surface area contributed by atoms with E-state index in [1.807, 2.05) is 6.07 Å². The van der Waals surface area contributed by atoms with E-state index in [-0.39, 0.29) is 5.78 Å². The van der Waals surface area contributed by atoms with Gasteiger partial charge in [-0.3, -0.25) is 9.69 Å². The minimum absolute atomic E-state index is 0.268. The smallest absolute Gasteiger partial charge is 0.176 e. The highest BCUT2D eigenvalue weighted by molar-refractivity contribution is 5.98. The summed E-state index contributed by atoms with van der Waals surface area (Å²) in [6, 6.07) is 6.15. The Labute approximate surface area is 127 Å². The summed E-state index contributed by atoms with van der Waals surface area (Å²) in [5.74, 6) is 1.67. The summed E-state index contributed by atoms with van der Waals surface area (Å²) in [6.45, 7) is 8.31. The van der Waals surface area contributed by atoms with Crippen LogP contribution in [0.25, 0.3) is 0 Å². The van der Waals surface area contributed by atoms with Gasteiger partial charge in [0.15, 0.2) is 5.78 Å². The lowest BCUT2D eigenvalue weighted by Gasteiger charge is -2.34. The van der Waals surface area contributed by atoms with E-state index < -0.39 is 0 Å². The molecule has 114 valence electrons. The molecule has 3 rings (SSSR count). The van der Waals surface area contributed by atoms with Crippen molar-refractivity contribution in [1.29, 1.82) is 0 Å². The van der Waals surface area contributed by atoms with E-state index in [1.54, 1.807) is 0 Å². The average molecular weight is 286 g/mol. The molecule has 2 unspecified atom stereocenters. The molecule has 0 aliphatic carbocycles. The number of nitrogens with zero attached hydrogens (tertiary/aromatic N) is 1. The molecular formula is C18H26N2O. The van der Waals surface area contributed by atoms with Gasteiger partial charge in [-0.15, -0.1) is 0 Å². The van der Waals surface area contributed by atoms with E-state index in [4.69, 9.17) is 0 Å². The zero-order chi connectivity index (χ0) is 14.8. The first-order valence-corrected chi connectivity index (χ1v) is 8.24. The van der Waals surface area contributed by atoms with Gasteiger partial charge in [0.2, 0.25) is 0 Å². The molecule has 1 fully saturated rings. The highest BCUT2D eigenvalue weighted by Crippen LogP contribution is 2.24. The van der Waals surface area contributed by atoms with Gasteiger partial charge in [-0.2, -0.15) is 0 Å². The van der Waals surface area contributed by atoms with Gasteiger partial charge < -0.3 is 5.32 Å². The molecule has 0 saturated carbocycles. The van der Waals surface area contributed by atoms with E-state index in [2.05, 4.69) is 36.2 Å². The predicted molar refractivity (Wildman–Crippen MR) is 87.0 cm³/mol. The maximum Gasteiger partial charge on any atom is 0.176 e. The molecule has 1 N–H and O–H groups in total. The Kier molecular flexibility index (Phi) is 4.29. The molecule has 3 nitrogen and oxygen atoms in total. The number of Topliss-reactive ketones (excluding diaryl/α,β-unsaturated/α-hetero) is 1. The predicted octanol–water partition coefficient (Wildman–Crippen LogP) is 3.21. The molecule has 2 atom stereocenters. The van der Waals surface area contributed by atoms with Crippen molar-refractivity contribution in [3.63, 3.8) is 0 Å². The Hall–Kier alpha value is -1.35. The summed E-state index contributed by atoms with van der Waals surface area (Å²) in [7, 11) is 0. The molecule has 21 heavy (non-hydrogen) atoms. The maximum absolute atomic E-state index is 12.5. The molecular weight excluding hydrogens is 260 g/mol. The molecule has 0 aromatic heterocycles. The molecule has 0 radical (unpaired) electrons. The number of hydrogen-bond acceptors (Lipinski definition) is 3. The van der Waals surface area contributed by atoms with Crippen molar-refractivity contribution in [3.8, 4) is 0 Å². The van der Waals surface area contributed by atoms with E-state index >= 15 is 0 Å². The molecule has 0 amide bonds. The van der Waals surface area contributed by atoms with E-state index in [0.29, 0.717) is 18.4 Å². The minimum atomic E-state index is 0.268. The Morgan fingerprint density at radius 2 is 2.05 bits per heavy atom. The number of ketones is 1. The van der Waals surface area contributed by atoms with Crippen LogP contribution in [0.5, 0.6) is 0 Å². The number of fused-ring (bicyclic) bond motifs is 1. The third-order valence-corrected chi connectivity index (χ3v) is 4.68. The van der Waals surface area contributed by atoms with Crippen LogP contribution in [0.15, 0.2) is 18.2 Å². The van der Waals surface area contributed by atoms with Gasteiger partial charge in [-0.25, -0.2) is 0 Å². The molecule has 2 aliphatic heterocycles. The fourth-order valence-corrected chi connectivity index (χ4v) is 3.86. The monoisotopic (exact) mass is 286 g/mol. The number of hydrogen-bond donors (Lipinski definition) is 1. The van der Waals surface area contributed by atoms with Crippen molar-refractivity contribution in [2.75, 3.05) is 31.5 Å². The molecule has 1 aromatic carbocycles. The molecule has 1 aromatic rings. The van der Waals surface area contributed by atoms with Gasteiger partial charge in [0.25, 0.3) is 0 Å². The fourth-order valence-electron chi connectivity index (χ4n) is 3.86. The van der Waals surface area contributed by atoms with Gasteiger partial charge in [0, 0.05) is 30.9 Å². The summed E-state index contributed by atoms with van der Waals surface area (Å²) >= 11 is 0. The van der Waals surface area contributed by atoms with Crippen LogP contribution in [0.2, 0.25) is 0 Å². The number of carbonyl (C=O) groups is 1. The zero-order valence-electron chi connectivity index (χ0n) is 13.2. The lowest BCUT2D eigenvalue weighted by molar-refractivity contribution is 0.0849. The van der Waals surface area contributed by atoms with Crippen molar-refractivity contribution in [2.24, 2.45) is 11.8 Å². The first kappa shape index (κ1) is 14.6. The lowest BCUT2D eigenvalue weighted by atomic mass is 9.91. The van der Waals surface area contributed by atoms with Crippen LogP contribution >= 0.6 is 0 Å². The van der Waals surface area contributed by atoms with Crippen LogP contribution in [0, 0.1) is 11.8 Å². The maximum atomic E-state index is 12.5. The largest absolute Gasteiger partial charge is 0.385 e. The summed E-state index contributed by atoms with van der Waals surface area (Å²) in [6.07, 6.45) is 3.53. The molecule has 2 heterocycles. The van der Waals surface area contributed by atoms with Crippen molar-refractivity contribution >= 4 is 11.5 Å². The lowest BCUT2D eigenvalue weighted by Crippen LogP contribution is -2.41. The zero-order valence-corrected chi connectivity index (χ0v) is 13.2. The summed E-state index contributed by atoms with van der Waals surface area (Å²) in [5, 5.41) is 3.40. The minimum Gasteiger partial charge on any atom is -0.385 e. The van der Waals surface area contributed by atoms with Crippen LogP contribution in [0.4, 0.5) is 5.69 Å². The molecule has 2 aliphatic rings. The number of piperidine rings is 1. The van der Waals surface area contributed by atoms with Crippen molar-refractivity contribution < 1.29 is 4.79 Å². The highest BCUT2D eigenvalue weighted by atomic mass is 16.1. The third kappa shape index (κ3) is 3.46. The normalized spacial score (nSPS) is 26.0. The van der Waals surface area contributed by atoms with E-state index in [9.17, 15) is 4.79 Å². The van der Waals surface area contributed by atoms with Gasteiger partial charge in [-0.1, -0.05) is 13.8 Å². The van der Waals surface area contributed by atoms with Crippen LogP contribution in [0.1, 0.15) is 42.6 Å².